The van der Waals surface area contributed by atoms with Crippen LogP contribution in [0.3, 0.4) is 0 Å². The highest BCUT2D eigenvalue weighted by Gasteiger charge is 2.15. The molecular formula is C32H55N3O. The lowest BCUT2D eigenvalue weighted by Gasteiger charge is -2.29. The molecular weight excluding hydrogens is 442 g/mol. The predicted molar refractivity (Wildman–Crippen MR) is 157 cm³/mol. The fraction of sp³-hybridized carbons (Fsp3) is 0.719. The summed E-state index contributed by atoms with van der Waals surface area (Å²) >= 11 is 0. The highest BCUT2D eigenvalue weighted by atomic mass is 16.1. The number of aromatic amines is 1. The Balaban J connectivity index is 1.83. The van der Waals surface area contributed by atoms with E-state index < -0.39 is 0 Å². The molecule has 1 N–H and O–H groups in total. The average molecular weight is 498 g/mol. The lowest BCUT2D eigenvalue weighted by atomic mass is 10.1. The first kappa shape index (κ1) is 30.4. The fourth-order valence-corrected chi connectivity index (χ4v) is 5.21. The van der Waals surface area contributed by atoms with Gasteiger partial charge in [-0.1, -0.05) is 134 Å². The van der Waals surface area contributed by atoms with Crippen LogP contribution >= 0.6 is 0 Å². The summed E-state index contributed by atoms with van der Waals surface area (Å²) in [5.74, 6) is 0. The van der Waals surface area contributed by atoms with Crippen LogP contribution in [0.25, 0.3) is 11.1 Å². The zero-order valence-corrected chi connectivity index (χ0v) is 23.8. The third-order valence-electron chi connectivity index (χ3n) is 7.54. The Kier molecular flexibility index (Phi) is 16.3. The van der Waals surface area contributed by atoms with E-state index in [2.05, 4.69) is 30.8 Å². The smallest absolute Gasteiger partial charge is 0.271 e. The minimum atomic E-state index is 0.00564. The van der Waals surface area contributed by atoms with Gasteiger partial charge in [-0.05, 0) is 38.4 Å². The van der Waals surface area contributed by atoms with Crippen LogP contribution in [-0.4, -0.2) is 33.8 Å². The van der Waals surface area contributed by atoms with E-state index in [4.69, 9.17) is 0 Å². The van der Waals surface area contributed by atoms with Gasteiger partial charge in [0.15, 0.2) is 0 Å². The van der Waals surface area contributed by atoms with Crippen molar-refractivity contribution in [1.82, 2.24) is 14.7 Å². The molecule has 2 aromatic rings. The number of unbranched alkanes of at least 4 members (excludes halogenated alkanes) is 14. The van der Waals surface area contributed by atoms with Gasteiger partial charge in [-0.3, -0.25) is 19.5 Å². The molecule has 1 aromatic heterocycles. The van der Waals surface area contributed by atoms with Crippen molar-refractivity contribution in [2.75, 3.05) is 13.1 Å². The van der Waals surface area contributed by atoms with E-state index in [1.807, 2.05) is 41.2 Å². The Morgan fingerprint density at radius 2 is 1.19 bits per heavy atom. The molecule has 4 heteroatoms. The standard InChI is InChI=1S/C32H55N3O/c1-4-6-8-10-12-14-16-21-25-34(26-22-17-15-13-11-9-7-5-2)29(3)27-35-28-31(32(36)33-35)30-23-19-18-20-24-30/h18-20,23-24,28-29H,4-17,21-22,25-27H2,1-3H3,(H,33,36). The average Bonchev–Trinajstić information content (AvgIpc) is 3.26. The Hall–Kier alpha value is -1.81. The minimum Gasteiger partial charge on any atom is -0.299 e. The zero-order chi connectivity index (χ0) is 25.8. The van der Waals surface area contributed by atoms with Crippen molar-refractivity contribution >= 4 is 0 Å². The van der Waals surface area contributed by atoms with Crippen LogP contribution in [0.5, 0.6) is 0 Å². The number of rotatable bonds is 22. The molecule has 0 amide bonds. The molecule has 1 unspecified atom stereocenters. The van der Waals surface area contributed by atoms with Crippen molar-refractivity contribution in [1.29, 1.82) is 0 Å². The molecule has 0 saturated heterocycles. The molecule has 0 aliphatic carbocycles. The molecule has 0 fully saturated rings. The normalized spacial score (nSPS) is 12.4. The largest absolute Gasteiger partial charge is 0.299 e. The second kappa shape index (κ2) is 19.3. The summed E-state index contributed by atoms with van der Waals surface area (Å²) in [4.78, 5) is 15.3. The third-order valence-corrected chi connectivity index (χ3v) is 7.54. The molecule has 4 nitrogen and oxygen atoms in total. The van der Waals surface area contributed by atoms with Gasteiger partial charge in [-0.2, -0.15) is 0 Å². The second-order valence-electron chi connectivity index (χ2n) is 10.8. The number of H-pyrrole nitrogens is 1. The lowest BCUT2D eigenvalue weighted by molar-refractivity contribution is 0.179. The van der Waals surface area contributed by atoms with E-state index in [1.54, 1.807) is 0 Å². The van der Waals surface area contributed by atoms with Crippen molar-refractivity contribution in [2.45, 2.75) is 136 Å². The molecule has 1 heterocycles. The van der Waals surface area contributed by atoms with Gasteiger partial charge in [-0.15, -0.1) is 0 Å². The summed E-state index contributed by atoms with van der Waals surface area (Å²) in [7, 11) is 0. The van der Waals surface area contributed by atoms with Crippen LogP contribution in [0, 0.1) is 0 Å². The van der Waals surface area contributed by atoms with Gasteiger partial charge >= 0.3 is 0 Å². The monoisotopic (exact) mass is 497 g/mol. The van der Waals surface area contributed by atoms with Crippen LogP contribution in [0.15, 0.2) is 41.3 Å². The first-order chi connectivity index (χ1) is 17.7. The highest BCUT2D eigenvalue weighted by Crippen LogP contribution is 2.16. The summed E-state index contributed by atoms with van der Waals surface area (Å²) in [5, 5.41) is 3.06. The van der Waals surface area contributed by atoms with Gasteiger partial charge in [-0.25, -0.2) is 0 Å². The van der Waals surface area contributed by atoms with Crippen molar-refractivity contribution in [3.8, 4) is 11.1 Å². The van der Waals surface area contributed by atoms with Crippen molar-refractivity contribution in [2.24, 2.45) is 0 Å². The molecule has 36 heavy (non-hydrogen) atoms. The molecule has 0 bridgehead atoms. The Labute approximate surface area is 221 Å². The van der Waals surface area contributed by atoms with E-state index in [-0.39, 0.29) is 5.56 Å². The number of hydrogen-bond donors (Lipinski definition) is 1. The van der Waals surface area contributed by atoms with Crippen LogP contribution in [0.1, 0.15) is 124 Å². The van der Waals surface area contributed by atoms with Gasteiger partial charge in [0.05, 0.1) is 12.1 Å². The number of hydrogen-bond acceptors (Lipinski definition) is 2. The molecule has 204 valence electrons. The highest BCUT2D eigenvalue weighted by molar-refractivity contribution is 5.61. The number of aromatic nitrogens is 2. The Morgan fingerprint density at radius 1 is 0.722 bits per heavy atom. The summed E-state index contributed by atoms with van der Waals surface area (Å²) in [6.07, 6.45) is 23.8. The number of benzene rings is 1. The predicted octanol–water partition coefficient (Wildman–Crippen LogP) is 8.82. The summed E-state index contributed by atoms with van der Waals surface area (Å²) in [6.45, 7) is 10.1. The first-order valence-corrected chi connectivity index (χ1v) is 15.2. The first-order valence-electron chi connectivity index (χ1n) is 15.2. The van der Waals surface area contributed by atoms with Crippen LogP contribution in [0.4, 0.5) is 0 Å². The fourth-order valence-electron chi connectivity index (χ4n) is 5.21. The van der Waals surface area contributed by atoms with E-state index in [0.29, 0.717) is 6.04 Å². The number of nitrogens with zero attached hydrogens (tertiary/aromatic N) is 2. The van der Waals surface area contributed by atoms with E-state index in [0.717, 1.165) is 17.7 Å². The molecule has 0 aliphatic rings. The Bertz CT molecular complexity index is 805. The maximum Gasteiger partial charge on any atom is 0.271 e. The van der Waals surface area contributed by atoms with Gasteiger partial charge in [0, 0.05) is 12.2 Å². The third kappa shape index (κ3) is 12.4. The van der Waals surface area contributed by atoms with Gasteiger partial charge < -0.3 is 0 Å². The van der Waals surface area contributed by atoms with Gasteiger partial charge in [0.2, 0.25) is 0 Å². The maximum absolute atomic E-state index is 12.6. The van der Waals surface area contributed by atoms with Crippen LogP contribution in [-0.2, 0) is 6.54 Å². The second-order valence-corrected chi connectivity index (χ2v) is 10.8. The molecule has 0 spiro atoms. The molecule has 0 radical (unpaired) electrons. The topological polar surface area (TPSA) is 41.0 Å². The van der Waals surface area contributed by atoms with Crippen molar-refractivity contribution in [3.05, 3.63) is 46.9 Å². The SMILES string of the molecule is CCCCCCCCCCN(CCCCCCCCCC)C(C)Cn1cc(-c2ccccc2)c(=O)[nH]1. The molecule has 0 saturated carbocycles. The quantitative estimate of drug-likeness (QED) is 0.165. The van der Waals surface area contributed by atoms with Crippen LogP contribution in [0.2, 0.25) is 0 Å². The van der Waals surface area contributed by atoms with Crippen molar-refractivity contribution in [3.63, 3.8) is 0 Å². The summed E-state index contributed by atoms with van der Waals surface area (Å²) < 4.78 is 2.00. The lowest BCUT2D eigenvalue weighted by Crippen LogP contribution is -2.38. The maximum atomic E-state index is 12.6. The summed E-state index contributed by atoms with van der Waals surface area (Å²) in [6, 6.07) is 10.4. The molecule has 1 aromatic carbocycles. The van der Waals surface area contributed by atoms with Crippen molar-refractivity contribution < 1.29 is 0 Å². The zero-order valence-electron chi connectivity index (χ0n) is 23.8. The minimum absolute atomic E-state index is 0.00564. The van der Waals surface area contributed by atoms with Gasteiger partial charge in [0.25, 0.3) is 5.56 Å². The van der Waals surface area contributed by atoms with E-state index in [1.165, 1.54) is 116 Å². The molecule has 0 aliphatic heterocycles. The Morgan fingerprint density at radius 3 is 1.69 bits per heavy atom. The molecule has 1 atom stereocenters. The number of nitrogens with one attached hydrogen (secondary N) is 1. The van der Waals surface area contributed by atoms with E-state index >= 15 is 0 Å². The molecule has 2 rings (SSSR count). The van der Waals surface area contributed by atoms with E-state index in [9.17, 15) is 4.79 Å². The summed E-state index contributed by atoms with van der Waals surface area (Å²) in [5.41, 5.74) is 1.76. The van der Waals surface area contributed by atoms with Crippen LogP contribution < -0.4 is 5.56 Å². The van der Waals surface area contributed by atoms with Gasteiger partial charge in [0.1, 0.15) is 0 Å².